The average Bonchev–Trinajstić information content (AvgIpc) is 2.59. The molecule has 1 saturated heterocycles. The second-order valence-corrected chi connectivity index (χ2v) is 5.04. The molecule has 1 aliphatic heterocycles. The average molecular weight is 242 g/mol. The number of hydrogen-bond acceptors (Lipinski definition) is 4. The number of rotatable bonds is 3. The molecule has 0 radical (unpaired) electrons. The molecule has 0 bridgehead atoms. The molecule has 0 aromatic carbocycles. The number of carbonyl (C=O) groups is 2. The van der Waals surface area contributed by atoms with Gasteiger partial charge >= 0.3 is 5.97 Å². The van der Waals surface area contributed by atoms with Gasteiger partial charge in [0.05, 0.1) is 11.5 Å². The van der Waals surface area contributed by atoms with Crippen LogP contribution in [0.25, 0.3) is 0 Å². The van der Waals surface area contributed by atoms with E-state index < -0.39 is 23.5 Å². The Morgan fingerprint density at radius 1 is 1.41 bits per heavy atom. The fourth-order valence-electron chi connectivity index (χ4n) is 2.69. The summed E-state index contributed by atoms with van der Waals surface area (Å²) in [6.45, 7) is 0.363. The molecule has 0 aromatic rings. The van der Waals surface area contributed by atoms with Crippen molar-refractivity contribution in [3.8, 4) is 0 Å². The summed E-state index contributed by atoms with van der Waals surface area (Å²) >= 11 is 0. The monoisotopic (exact) mass is 242 g/mol. The zero-order chi connectivity index (χ0) is 12.6. The minimum Gasteiger partial charge on any atom is -0.480 e. The van der Waals surface area contributed by atoms with Crippen molar-refractivity contribution in [2.75, 3.05) is 13.1 Å². The zero-order valence-corrected chi connectivity index (χ0v) is 9.63. The number of aliphatic hydroxyl groups is 1. The van der Waals surface area contributed by atoms with Crippen molar-refractivity contribution in [3.63, 3.8) is 0 Å². The second-order valence-electron chi connectivity index (χ2n) is 5.04. The van der Waals surface area contributed by atoms with Gasteiger partial charge in [0, 0.05) is 19.5 Å². The van der Waals surface area contributed by atoms with E-state index in [0.29, 0.717) is 0 Å². The highest BCUT2D eigenvalue weighted by atomic mass is 16.4. The number of aliphatic hydroxyl groups excluding tert-OH is 1. The molecule has 1 aliphatic carbocycles. The summed E-state index contributed by atoms with van der Waals surface area (Å²) in [5.74, 6) is -1.25. The fraction of sp³-hybridized carbons (Fsp3) is 0.818. The first kappa shape index (κ1) is 12.3. The summed E-state index contributed by atoms with van der Waals surface area (Å²) < 4.78 is 0. The molecule has 4 N–H and O–H groups in total. The van der Waals surface area contributed by atoms with E-state index in [1.807, 2.05) is 0 Å². The van der Waals surface area contributed by atoms with Crippen molar-refractivity contribution >= 4 is 11.9 Å². The van der Waals surface area contributed by atoms with Crippen molar-refractivity contribution in [2.45, 2.75) is 37.8 Å². The maximum absolute atomic E-state index is 12.3. The normalized spacial score (nSPS) is 31.1. The number of β-amino-alcohol motifs (C(OH)–C–C–N with tert-alkyl or cyclic N) is 1. The number of carboxylic acid groups (broad SMARTS) is 1. The van der Waals surface area contributed by atoms with E-state index in [4.69, 9.17) is 10.8 Å². The number of nitrogens with two attached hydrogens (primary N) is 1. The molecule has 6 nitrogen and oxygen atoms in total. The van der Waals surface area contributed by atoms with Crippen LogP contribution in [0.5, 0.6) is 0 Å². The third-order valence-electron chi connectivity index (χ3n) is 3.98. The summed E-state index contributed by atoms with van der Waals surface area (Å²) in [4.78, 5) is 24.7. The highest BCUT2D eigenvalue weighted by Crippen LogP contribution is 2.42. The molecule has 0 unspecified atom stereocenters. The number of likely N-dealkylation sites (tertiary alicyclic amines) is 1. The van der Waals surface area contributed by atoms with Crippen molar-refractivity contribution < 1.29 is 19.8 Å². The Hall–Kier alpha value is -1.14. The molecule has 1 amide bonds. The van der Waals surface area contributed by atoms with Crippen LogP contribution < -0.4 is 5.73 Å². The minimum atomic E-state index is -1.05. The van der Waals surface area contributed by atoms with Crippen molar-refractivity contribution in [2.24, 2.45) is 11.1 Å². The molecule has 2 aliphatic rings. The first-order valence-electron chi connectivity index (χ1n) is 5.92. The number of carboxylic acids is 1. The summed E-state index contributed by atoms with van der Waals surface area (Å²) in [7, 11) is 0. The largest absolute Gasteiger partial charge is 0.480 e. The van der Waals surface area contributed by atoms with Gasteiger partial charge in [0.15, 0.2) is 0 Å². The molecule has 96 valence electrons. The lowest BCUT2D eigenvalue weighted by molar-refractivity contribution is -0.156. The summed E-state index contributed by atoms with van der Waals surface area (Å²) in [6.07, 6.45) is 1.77. The quantitative estimate of drug-likeness (QED) is 0.598. The van der Waals surface area contributed by atoms with Crippen LogP contribution in [0.3, 0.4) is 0 Å². The Morgan fingerprint density at radius 2 is 2.06 bits per heavy atom. The number of aliphatic carboxylic acids is 1. The first-order chi connectivity index (χ1) is 8.00. The van der Waals surface area contributed by atoms with Gasteiger partial charge in [-0.15, -0.1) is 0 Å². The maximum atomic E-state index is 12.3. The van der Waals surface area contributed by atoms with Gasteiger partial charge in [0.1, 0.15) is 6.04 Å². The Balaban J connectivity index is 2.15. The van der Waals surface area contributed by atoms with E-state index in [9.17, 15) is 14.7 Å². The Morgan fingerprint density at radius 3 is 2.47 bits per heavy atom. The molecule has 6 heteroatoms. The number of amides is 1. The number of carbonyl (C=O) groups excluding carboxylic acids is 1. The molecule has 2 fully saturated rings. The van der Waals surface area contributed by atoms with E-state index >= 15 is 0 Å². The van der Waals surface area contributed by atoms with Crippen molar-refractivity contribution in [1.82, 2.24) is 4.90 Å². The smallest absolute Gasteiger partial charge is 0.326 e. The Kier molecular flexibility index (Phi) is 3.09. The summed E-state index contributed by atoms with van der Waals surface area (Å²) in [5.41, 5.74) is 5.06. The van der Waals surface area contributed by atoms with E-state index in [1.165, 1.54) is 4.90 Å². The number of hydrogen-bond donors (Lipinski definition) is 3. The van der Waals surface area contributed by atoms with Crippen LogP contribution in [0.4, 0.5) is 0 Å². The SMILES string of the molecule is NCC1(C(=O)N2C[C@H](O)C[C@H]2C(=O)O)CCC1. The van der Waals surface area contributed by atoms with E-state index in [-0.39, 0.29) is 25.4 Å². The lowest BCUT2D eigenvalue weighted by atomic mass is 9.67. The summed E-state index contributed by atoms with van der Waals surface area (Å²) in [5, 5.41) is 18.6. The van der Waals surface area contributed by atoms with Crippen LogP contribution in [0, 0.1) is 5.41 Å². The molecule has 17 heavy (non-hydrogen) atoms. The second kappa shape index (κ2) is 4.27. The van der Waals surface area contributed by atoms with Gasteiger partial charge in [0.2, 0.25) is 5.91 Å². The molecule has 1 saturated carbocycles. The third kappa shape index (κ3) is 1.91. The van der Waals surface area contributed by atoms with Crippen LogP contribution in [-0.4, -0.2) is 52.2 Å². The number of nitrogens with zero attached hydrogens (tertiary/aromatic N) is 1. The summed E-state index contributed by atoms with van der Waals surface area (Å²) in [6, 6.07) is -0.901. The van der Waals surface area contributed by atoms with Gasteiger partial charge in [-0.3, -0.25) is 4.79 Å². The fourth-order valence-corrected chi connectivity index (χ4v) is 2.69. The standard InChI is InChI=1S/C11H18N2O4/c12-6-11(2-1-3-11)10(17)13-5-7(14)4-8(13)9(15)16/h7-8,14H,1-6,12H2,(H,15,16)/t7-,8+/m1/s1. The van der Waals surface area contributed by atoms with Crippen molar-refractivity contribution in [3.05, 3.63) is 0 Å². The van der Waals surface area contributed by atoms with Crippen LogP contribution in [-0.2, 0) is 9.59 Å². The first-order valence-corrected chi connectivity index (χ1v) is 5.92. The Labute approximate surface area is 99.4 Å². The molecular formula is C11H18N2O4. The van der Waals surface area contributed by atoms with Gasteiger partial charge in [-0.1, -0.05) is 6.42 Å². The molecule has 2 atom stereocenters. The molecule has 1 heterocycles. The third-order valence-corrected chi connectivity index (χ3v) is 3.98. The van der Waals surface area contributed by atoms with Crippen LogP contribution in [0.1, 0.15) is 25.7 Å². The van der Waals surface area contributed by atoms with Gasteiger partial charge in [0.25, 0.3) is 0 Å². The predicted octanol–water partition coefficient (Wildman–Crippen LogP) is -0.838. The van der Waals surface area contributed by atoms with Gasteiger partial charge in [-0.05, 0) is 12.8 Å². The predicted molar refractivity (Wildman–Crippen MR) is 59.1 cm³/mol. The van der Waals surface area contributed by atoms with E-state index in [0.717, 1.165) is 19.3 Å². The topological polar surface area (TPSA) is 104 Å². The Bertz CT molecular complexity index is 335. The highest BCUT2D eigenvalue weighted by molar-refractivity contribution is 5.89. The minimum absolute atomic E-state index is 0.109. The van der Waals surface area contributed by atoms with Gasteiger partial charge in [-0.25, -0.2) is 4.79 Å². The molecule has 0 spiro atoms. The molecule has 2 rings (SSSR count). The molecule has 0 aromatic heterocycles. The van der Waals surface area contributed by atoms with Crippen LogP contribution >= 0.6 is 0 Å². The van der Waals surface area contributed by atoms with E-state index in [1.54, 1.807) is 0 Å². The lowest BCUT2D eigenvalue weighted by Gasteiger charge is -2.42. The lowest BCUT2D eigenvalue weighted by Crippen LogP contribution is -2.54. The van der Waals surface area contributed by atoms with Gasteiger partial charge in [-0.2, -0.15) is 0 Å². The zero-order valence-electron chi connectivity index (χ0n) is 9.63. The maximum Gasteiger partial charge on any atom is 0.326 e. The van der Waals surface area contributed by atoms with Crippen LogP contribution in [0.2, 0.25) is 0 Å². The molecular weight excluding hydrogens is 224 g/mol. The van der Waals surface area contributed by atoms with Crippen molar-refractivity contribution in [1.29, 1.82) is 0 Å². The van der Waals surface area contributed by atoms with Crippen LogP contribution in [0.15, 0.2) is 0 Å². The van der Waals surface area contributed by atoms with Gasteiger partial charge < -0.3 is 20.8 Å². The highest BCUT2D eigenvalue weighted by Gasteiger charge is 2.50. The van der Waals surface area contributed by atoms with E-state index in [2.05, 4.69) is 0 Å².